The summed E-state index contributed by atoms with van der Waals surface area (Å²) in [6.45, 7) is 2.96. The van der Waals surface area contributed by atoms with Gasteiger partial charge in [-0.15, -0.1) is 6.58 Å². The van der Waals surface area contributed by atoms with Gasteiger partial charge in [0, 0.05) is 6.20 Å². The maximum Gasteiger partial charge on any atom is 0.469 e. The highest BCUT2D eigenvalue weighted by Crippen LogP contribution is 2.38. The van der Waals surface area contributed by atoms with Crippen LogP contribution in [0.5, 0.6) is 0 Å². The van der Waals surface area contributed by atoms with Crippen LogP contribution in [0.1, 0.15) is 6.23 Å². The first-order valence-electron chi connectivity index (χ1n) is 6.83. The number of anilines is 1. The third-order valence-corrected chi connectivity index (χ3v) is 3.74. The molecule has 0 amide bonds. The van der Waals surface area contributed by atoms with E-state index in [1.54, 1.807) is 0 Å². The van der Waals surface area contributed by atoms with Gasteiger partial charge in [0.15, 0.2) is 6.23 Å². The van der Waals surface area contributed by atoms with Crippen LogP contribution in [0, 0.1) is 0 Å². The van der Waals surface area contributed by atoms with Gasteiger partial charge >= 0.3 is 13.5 Å². The molecule has 1 aromatic heterocycles. The number of nitrogens with two attached hydrogens (primary N) is 1. The molecule has 0 saturated carbocycles. The van der Waals surface area contributed by atoms with Gasteiger partial charge in [0.2, 0.25) is 0 Å². The van der Waals surface area contributed by atoms with Crippen molar-refractivity contribution in [3.63, 3.8) is 0 Å². The van der Waals surface area contributed by atoms with Crippen LogP contribution in [0.2, 0.25) is 0 Å². The number of ether oxygens (including phenoxy) is 2. The molecule has 1 aliphatic heterocycles. The van der Waals surface area contributed by atoms with Gasteiger partial charge in [-0.3, -0.25) is 9.09 Å². The molecular weight excluding hydrogens is 345 g/mol. The first-order chi connectivity index (χ1) is 11.2. The number of aliphatic hydroxyl groups excluding tert-OH is 1. The molecule has 0 radical (unpaired) electrons. The van der Waals surface area contributed by atoms with Crippen LogP contribution in [0.3, 0.4) is 0 Å². The van der Waals surface area contributed by atoms with Crippen molar-refractivity contribution in [2.45, 2.75) is 24.5 Å². The number of hydrogen-bond donors (Lipinski definition) is 4. The van der Waals surface area contributed by atoms with Crippen LogP contribution < -0.4 is 11.4 Å². The Bertz CT molecular complexity index is 689. The molecule has 0 bridgehead atoms. The van der Waals surface area contributed by atoms with Crippen molar-refractivity contribution < 1.29 is 33.5 Å². The predicted octanol–water partition coefficient (Wildman–Crippen LogP) is -1.24. The Labute approximate surface area is 136 Å². The minimum absolute atomic E-state index is 0.0136. The molecule has 4 atom stereocenters. The van der Waals surface area contributed by atoms with Crippen molar-refractivity contribution in [2.24, 2.45) is 0 Å². The largest absolute Gasteiger partial charge is 0.469 e. The lowest BCUT2D eigenvalue weighted by Crippen LogP contribution is -2.38. The number of nitrogen functional groups attached to an aromatic ring is 1. The molecule has 1 fully saturated rings. The molecule has 5 N–H and O–H groups in total. The van der Waals surface area contributed by atoms with Crippen molar-refractivity contribution in [3.05, 3.63) is 35.4 Å². The minimum Gasteiger partial charge on any atom is -0.387 e. The standard InChI is InChI=1S/C12H18N3O8P/c1-2-5-21-10-9(16)7(6-22-24(18,19)20)23-11(10)15-4-3-8(13)14-12(15)17/h2-4,7,9-11,16H,1,5-6H2,(H2,13,14,17)(H2,18,19,20)/t7-,9-,10-,11-/m1/s1. The quantitative estimate of drug-likeness (QED) is 0.340. The highest BCUT2D eigenvalue weighted by Gasteiger charge is 2.46. The van der Waals surface area contributed by atoms with Crippen LogP contribution in [-0.4, -0.2) is 56.0 Å². The Balaban J connectivity index is 2.24. The first kappa shape index (κ1) is 18.7. The van der Waals surface area contributed by atoms with E-state index in [1.807, 2.05) is 0 Å². The van der Waals surface area contributed by atoms with E-state index in [2.05, 4.69) is 16.1 Å². The van der Waals surface area contributed by atoms with Crippen molar-refractivity contribution >= 4 is 13.6 Å². The molecule has 11 nitrogen and oxygen atoms in total. The minimum atomic E-state index is -4.74. The summed E-state index contributed by atoms with van der Waals surface area (Å²) < 4.78 is 27.1. The Morgan fingerprint density at radius 1 is 1.54 bits per heavy atom. The van der Waals surface area contributed by atoms with Gasteiger partial charge in [0.05, 0.1) is 13.2 Å². The first-order valence-corrected chi connectivity index (χ1v) is 8.36. The molecule has 12 heteroatoms. The summed E-state index contributed by atoms with van der Waals surface area (Å²) in [4.78, 5) is 33.0. The predicted molar refractivity (Wildman–Crippen MR) is 80.8 cm³/mol. The SMILES string of the molecule is C=CCO[C@@H]1[C@H](O)[C@@H](COP(=O)(O)O)O[C@H]1n1ccc(N)nc1=O. The Kier molecular flexibility index (Phi) is 5.88. The molecule has 1 aliphatic rings. The number of rotatable bonds is 7. The smallest absolute Gasteiger partial charge is 0.387 e. The summed E-state index contributed by atoms with van der Waals surface area (Å²) in [7, 11) is -4.74. The van der Waals surface area contributed by atoms with E-state index in [0.717, 1.165) is 4.57 Å². The molecule has 1 aromatic rings. The van der Waals surface area contributed by atoms with E-state index >= 15 is 0 Å². The van der Waals surface area contributed by atoms with Gasteiger partial charge in [-0.25, -0.2) is 9.36 Å². The Morgan fingerprint density at radius 3 is 2.83 bits per heavy atom. The van der Waals surface area contributed by atoms with E-state index in [-0.39, 0.29) is 12.4 Å². The second-order valence-corrected chi connectivity index (χ2v) is 6.21. The molecule has 0 spiro atoms. The molecule has 0 aromatic carbocycles. The van der Waals surface area contributed by atoms with E-state index in [4.69, 9.17) is 25.0 Å². The Morgan fingerprint density at radius 2 is 2.25 bits per heavy atom. The molecular formula is C12H18N3O8P. The van der Waals surface area contributed by atoms with Gasteiger partial charge in [0.25, 0.3) is 0 Å². The topological polar surface area (TPSA) is 166 Å². The highest BCUT2D eigenvalue weighted by atomic mass is 31.2. The summed E-state index contributed by atoms with van der Waals surface area (Å²) in [5, 5.41) is 10.3. The molecule has 0 aliphatic carbocycles. The lowest BCUT2D eigenvalue weighted by Gasteiger charge is -2.21. The Hall–Kier alpha value is -1.59. The summed E-state index contributed by atoms with van der Waals surface area (Å²) in [5.41, 5.74) is 4.70. The average Bonchev–Trinajstić information content (AvgIpc) is 2.78. The van der Waals surface area contributed by atoms with Crippen molar-refractivity contribution in [1.29, 1.82) is 0 Å². The normalized spacial score (nSPS) is 27.3. The summed E-state index contributed by atoms with van der Waals surface area (Å²) in [6, 6.07) is 1.36. The van der Waals surface area contributed by atoms with Gasteiger partial charge in [-0.1, -0.05) is 6.08 Å². The molecule has 2 heterocycles. The number of hydrogen-bond acceptors (Lipinski definition) is 8. The lowest BCUT2D eigenvalue weighted by molar-refractivity contribution is -0.0681. The number of phosphoric ester groups is 1. The average molecular weight is 363 g/mol. The number of phosphoric acid groups is 1. The number of aromatic nitrogens is 2. The summed E-state index contributed by atoms with van der Waals surface area (Å²) in [5.74, 6) is 0.0136. The maximum atomic E-state index is 12.0. The van der Waals surface area contributed by atoms with Crippen molar-refractivity contribution in [3.8, 4) is 0 Å². The summed E-state index contributed by atoms with van der Waals surface area (Å²) >= 11 is 0. The van der Waals surface area contributed by atoms with Crippen LogP contribution in [0.15, 0.2) is 29.7 Å². The fourth-order valence-electron chi connectivity index (χ4n) is 2.23. The third-order valence-electron chi connectivity index (χ3n) is 3.25. The zero-order chi connectivity index (χ0) is 17.9. The zero-order valence-corrected chi connectivity index (χ0v) is 13.4. The maximum absolute atomic E-state index is 12.0. The summed E-state index contributed by atoms with van der Waals surface area (Å²) in [6.07, 6.45) is -1.75. The van der Waals surface area contributed by atoms with E-state index in [0.29, 0.717) is 0 Å². The third kappa shape index (κ3) is 4.48. The fraction of sp³-hybridized carbons (Fsp3) is 0.500. The van der Waals surface area contributed by atoms with E-state index in [9.17, 15) is 14.5 Å². The second-order valence-electron chi connectivity index (χ2n) is 4.97. The van der Waals surface area contributed by atoms with Gasteiger partial charge in [-0.05, 0) is 6.07 Å². The van der Waals surface area contributed by atoms with Crippen LogP contribution in [0.25, 0.3) is 0 Å². The number of nitrogens with zero attached hydrogens (tertiary/aromatic N) is 2. The second kappa shape index (κ2) is 7.53. The molecule has 24 heavy (non-hydrogen) atoms. The lowest BCUT2D eigenvalue weighted by atomic mass is 10.1. The molecule has 134 valence electrons. The van der Waals surface area contributed by atoms with Crippen LogP contribution in [0.4, 0.5) is 5.82 Å². The molecule has 2 rings (SSSR count). The van der Waals surface area contributed by atoms with Gasteiger partial charge in [0.1, 0.15) is 24.1 Å². The van der Waals surface area contributed by atoms with E-state index < -0.39 is 44.7 Å². The number of aliphatic hydroxyl groups is 1. The van der Waals surface area contributed by atoms with Crippen LogP contribution >= 0.6 is 7.82 Å². The molecule has 0 unspecified atom stereocenters. The van der Waals surface area contributed by atoms with Crippen molar-refractivity contribution in [2.75, 3.05) is 18.9 Å². The highest BCUT2D eigenvalue weighted by molar-refractivity contribution is 7.46. The fourth-order valence-corrected chi connectivity index (χ4v) is 2.57. The zero-order valence-electron chi connectivity index (χ0n) is 12.5. The van der Waals surface area contributed by atoms with Crippen molar-refractivity contribution in [1.82, 2.24) is 9.55 Å². The monoisotopic (exact) mass is 363 g/mol. The van der Waals surface area contributed by atoms with Gasteiger partial charge in [-0.2, -0.15) is 4.98 Å². The van der Waals surface area contributed by atoms with E-state index in [1.165, 1.54) is 18.3 Å². The van der Waals surface area contributed by atoms with Crippen LogP contribution in [-0.2, 0) is 18.6 Å². The molecule has 1 saturated heterocycles. The van der Waals surface area contributed by atoms with Gasteiger partial charge < -0.3 is 30.1 Å².